The standard InChI is InChI=1S/C27H30ClN5O3/c1-20(18-32-12-14-36-15-13-32)33(19-21-6-3-2-4-7-21)27(35)30-24-9-5-8-22(16-24)26(34)31-25-11-10-23(28)17-29-25/h2-11,16-17,20H,12-15,18-19H2,1H3,(H,30,35)(H,29,31,34). The van der Waals surface area contributed by atoms with E-state index in [1.807, 2.05) is 35.2 Å². The molecule has 9 heteroatoms. The first-order chi connectivity index (χ1) is 17.5. The Balaban J connectivity index is 1.46. The van der Waals surface area contributed by atoms with Crippen molar-refractivity contribution in [2.75, 3.05) is 43.5 Å². The molecule has 0 radical (unpaired) electrons. The topological polar surface area (TPSA) is 86.8 Å². The number of ether oxygens (including phenoxy) is 1. The fraction of sp³-hybridized carbons (Fsp3) is 0.296. The van der Waals surface area contributed by atoms with E-state index in [2.05, 4.69) is 27.4 Å². The minimum absolute atomic E-state index is 0.0363. The maximum atomic E-state index is 13.5. The molecule has 1 unspecified atom stereocenters. The van der Waals surface area contributed by atoms with Gasteiger partial charge in [-0.25, -0.2) is 9.78 Å². The number of carbonyl (C=O) groups excluding carboxylic acids is 2. The molecule has 0 aliphatic carbocycles. The number of carbonyl (C=O) groups is 2. The third-order valence-corrected chi connectivity index (χ3v) is 6.18. The molecule has 0 spiro atoms. The summed E-state index contributed by atoms with van der Waals surface area (Å²) >= 11 is 5.86. The maximum absolute atomic E-state index is 13.5. The predicted octanol–water partition coefficient (Wildman–Crippen LogP) is 4.74. The van der Waals surface area contributed by atoms with E-state index in [0.717, 1.165) is 25.2 Å². The normalized spacial score (nSPS) is 14.6. The molecule has 2 N–H and O–H groups in total. The Kier molecular flexibility index (Phi) is 8.89. The minimum Gasteiger partial charge on any atom is -0.379 e. The molecule has 2 aromatic carbocycles. The van der Waals surface area contributed by atoms with Crippen LogP contribution in [0.25, 0.3) is 0 Å². The van der Waals surface area contributed by atoms with Crippen LogP contribution >= 0.6 is 11.6 Å². The van der Waals surface area contributed by atoms with Crippen LogP contribution in [-0.4, -0.2) is 65.6 Å². The van der Waals surface area contributed by atoms with Gasteiger partial charge >= 0.3 is 6.03 Å². The predicted molar refractivity (Wildman–Crippen MR) is 141 cm³/mol. The van der Waals surface area contributed by atoms with Gasteiger partial charge in [-0.15, -0.1) is 0 Å². The van der Waals surface area contributed by atoms with Crippen LogP contribution in [0.4, 0.5) is 16.3 Å². The zero-order valence-corrected chi connectivity index (χ0v) is 20.9. The van der Waals surface area contributed by atoms with Gasteiger partial charge in [-0.05, 0) is 42.8 Å². The second-order valence-corrected chi connectivity index (χ2v) is 9.14. The van der Waals surface area contributed by atoms with E-state index >= 15 is 0 Å². The molecule has 1 atom stereocenters. The fourth-order valence-corrected chi connectivity index (χ4v) is 4.15. The van der Waals surface area contributed by atoms with Crippen molar-refractivity contribution in [1.82, 2.24) is 14.8 Å². The highest BCUT2D eigenvalue weighted by Gasteiger charge is 2.24. The molecular weight excluding hydrogens is 478 g/mol. The van der Waals surface area contributed by atoms with Gasteiger partial charge in [0.05, 0.1) is 18.2 Å². The van der Waals surface area contributed by atoms with Crippen LogP contribution in [0.1, 0.15) is 22.8 Å². The number of nitrogens with zero attached hydrogens (tertiary/aromatic N) is 3. The molecule has 3 amide bonds. The number of urea groups is 1. The van der Waals surface area contributed by atoms with Crippen molar-refractivity contribution in [1.29, 1.82) is 0 Å². The summed E-state index contributed by atoms with van der Waals surface area (Å²) in [6.07, 6.45) is 1.47. The van der Waals surface area contributed by atoms with Crippen molar-refractivity contribution in [2.45, 2.75) is 19.5 Å². The number of nitrogens with one attached hydrogen (secondary N) is 2. The number of amides is 3. The summed E-state index contributed by atoms with van der Waals surface area (Å²) < 4.78 is 5.46. The Morgan fingerprint density at radius 2 is 1.83 bits per heavy atom. The molecule has 4 rings (SSSR count). The van der Waals surface area contributed by atoms with Crippen LogP contribution in [0.15, 0.2) is 72.9 Å². The van der Waals surface area contributed by atoms with Crippen LogP contribution in [0.5, 0.6) is 0 Å². The zero-order valence-electron chi connectivity index (χ0n) is 20.2. The molecule has 1 fully saturated rings. The number of halogens is 1. The molecule has 8 nitrogen and oxygen atoms in total. The van der Waals surface area contributed by atoms with Crippen LogP contribution in [-0.2, 0) is 11.3 Å². The van der Waals surface area contributed by atoms with Crippen LogP contribution < -0.4 is 10.6 Å². The average molecular weight is 508 g/mol. The Bertz CT molecular complexity index is 1150. The third kappa shape index (κ3) is 7.27. The van der Waals surface area contributed by atoms with Gasteiger partial charge < -0.3 is 20.3 Å². The lowest BCUT2D eigenvalue weighted by molar-refractivity contribution is 0.0277. The highest BCUT2D eigenvalue weighted by atomic mass is 35.5. The molecular formula is C27H30ClN5O3. The van der Waals surface area contributed by atoms with Crippen LogP contribution in [0.3, 0.4) is 0 Å². The van der Waals surface area contributed by atoms with Crippen LogP contribution in [0.2, 0.25) is 5.02 Å². The molecule has 2 heterocycles. The summed E-state index contributed by atoms with van der Waals surface area (Å²) in [5.74, 6) is 0.0626. The van der Waals surface area contributed by atoms with Crippen molar-refractivity contribution >= 4 is 35.0 Å². The second kappa shape index (κ2) is 12.5. The number of morpholine rings is 1. The van der Waals surface area contributed by atoms with Crippen LogP contribution in [0, 0.1) is 0 Å². The van der Waals surface area contributed by atoms with E-state index in [4.69, 9.17) is 16.3 Å². The van der Waals surface area contributed by atoms with E-state index in [0.29, 0.717) is 41.8 Å². The highest BCUT2D eigenvalue weighted by Crippen LogP contribution is 2.17. The summed E-state index contributed by atoms with van der Waals surface area (Å²) in [4.78, 5) is 34.4. The molecule has 1 aliphatic rings. The third-order valence-electron chi connectivity index (χ3n) is 5.96. The molecule has 188 valence electrons. The Hall–Kier alpha value is -3.46. The molecule has 1 aliphatic heterocycles. The minimum atomic E-state index is -0.331. The highest BCUT2D eigenvalue weighted by molar-refractivity contribution is 6.30. The van der Waals surface area contributed by atoms with E-state index < -0.39 is 0 Å². The van der Waals surface area contributed by atoms with Gasteiger partial charge in [-0.1, -0.05) is 48.0 Å². The average Bonchev–Trinajstić information content (AvgIpc) is 2.90. The van der Waals surface area contributed by atoms with Gasteiger partial charge in [0, 0.05) is 49.7 Å². The number of benzene rings is 2. The molecule has 0 saturated carbocycles. The van der Waals surface area contributed by atoms with Crippen molar-refractivity contribution in [3.63, 3.8) is 0 Å². The summed E-state index contributed by atoms with van der Waals surface area (Å²) in [6.45, 7) is 6.40. The zero-order chi connectivity index (χ0) is 25.3. The molecule has 0 bridgehead atoms. The Morgan fingerprint density at radius 1 is 1.06 bits per heavy atom. The number of pyridine rings is 1. The Morgan fingerprint density at radius 3 is 2.56 bits per heavy atom. The summed E-state index contributed by atoms with van der Waals surface area (Å²) in [5.41, 5.74) is 1.99. The first kappa shape index (κ1) is 25.6. The van der Waals surface area contributed by atoms with Crippen molar-refractivity contribution < 1.29 is 14.3 Å². The fourth-order valence-electron chi connectivity index (χ4n) is 4.04. The molecule has 36 heavy (non-hydrogen) atoms. The number of aromatic nitrogens is 1. The van der Waals surface area contributed by atoms with Gasteiger partial charge in [0.1, 0.15) is 5.82 Å². The van der Waals surface area contributed by atoms with Crippen molar-refractivity contribution in [2.24, 2.45) is 0 Å². The SMILES string of the molecule is CC(CN1CCOCC1)N(Cc1ccccc1)C(=O)Nc1cccc(C(=O)Nc2ccc(Cl)cn2)c1. The van der Waals surface area contributed by atoms with Gasteiger partial charge in [0.25, 0.3) is 5.91 Å². The lowest BCUT2D eigenvalue weighted by Gasteiger charge is -2.35. The van der Waals surface area contributed by atoms with Gasteiger partial charge in [0.15, 0.2) is 0 Å². The number of anilines is 2. The summed E-state index contributed by atoms with van der Waals surface area (Å²) in [5, 5.41) is 6.20. The number of hydrogen-bond donors (Lipinski definition) is 2. The first-order valence-electron chi connectivity index (χ1n) is 11.9. The van der Waals surface area contributed by atoms with Gasteiger partial charge in [0.2, 0.25) is 0 Å². The lowest BCUT2D eigenvalue weighted by Crippen LogP contribution is -2.49. The smallest absolute Gasteiger partial charge is 0.322 e. The summed E-state index contributed by atoms with van der Waals surface area (Å²) in [7, 11) is 0. The summed E-state index contributed by atoms with van der Waals surface area (Å²) in [6, 6.07) is 19.8. The van der Waals surface area contributed by atoms with Crippen molar-refractivity contribution in [3.05, 3.63) is 89.1 Å². The van der Waals surface area contributed by atoms with Crippen molar-refractivity contribution in [3.8, 4) is 0 Å². The maximum Gasteiger partial charge on any atom is 0.322 e. The first-order valence-corrected chi connectivity index (χ1v) is 12.3. The van der Waals surface area contributed by atoms with E-state index in [9.17, 15) is 9.59 Å². The molecule has 1 aromatic heterocycles. The quantitative estimate of drug-likeness (QED) is 0.460. The molecule has 1 saturated heterocycles. The largest absolute Gasteiger partial charge is 0.379 e. The van der Waals surface area contributed by atoms with E-state index in [1.54, 1.807) is 36.4 Å². The van der Waals surface area contributed by atoms with E-state index in [-0.39, 0.29) is 18.0 Å². The second-order valence-electron chi connectivity index (χ2n) is 8.70. The number of rotatable bonds is 8. The van der Waals surface area contributed by atoms with E-state index in [1.165, 1.54) is 6.20 Å². The lowest BCUT2D eigenvalue weighted by atomic mass is 10.1. The monoisotopic (exact) mass is 507 g/mol. The Labute approximate surface area is 216 Å². The number of hydrogen-bond acceptors (Lipinski definition) is 5. The molecule has 3 aromatic rings. The van der Waals surface area contributed by atoms with Gasteiger partial charge in [-0.3, -0.25) is 9.69 Å². The van der Waals surface area contributed by atoms with Gasteiger partial charge in [-0.2, -0.15) is 0 Å².